The number of esters is 1. The number of benzene rings is 1. The van der Waals surface area contributed by atoms with E-state index in [0.29, 0.717) is 31.7 Å². The Bertz CT molecular complexity index is 1100. The standard InChI is InChI=1S/C28H39N5O8/c1-41-28(40)20-7-5-19(6-8-20)25(36)31-16-23(34)32-22(27(38)39)15-30-26(37)21-3-2-14-33(17-21)24(35)9-4-18-10-12-29-13-11-18/h5-8,18,21-22,29H,2-4,9-17H2,1H3,(H,30,37)(H,31,36)(H,32,34)(H,38,39)/t21-,22-/m1/s1. The van der Waals surface area contributed by atoms with Crippen molar-refractivity contribution in [2.24, 2.45) is 11.8 Å². The number of ether oxygens (including phenoxy) is 1. The fraction of sp³-hybridized carbons (Fsp3) is 0.571. The average Bonchev–Trinajstić information content (AvgIpc) is 3.00. The summed E-state index contributed by atoms with van der Waals surface area (Å²) in [5.41, 5.74) is 0.451. The molecule has 0 aromatic heterocycles. The van der Waals surface area contributed by atoms with Crippen molar-refractivity contribution in [2.75, 3.05) is 46.4 Å². The second-order valence-corrected chi connectivity index (χ2v) is 10.4. The lowest BCUT2D eigenvalue weighted by atomic mass is 9.92. The van der Waals surface area contributed by atoms with Crippen molar-refractivity contribution < 1.29 is 38.6 Å². The summed E-state index contributed by atoms with van der Waals surface area (Å²) in [7, 11) is 1.24. The Kier molecular flexibility index (Phi) is 12.1. The van der Waals surface area contributed by atoms with Crippen LogP contribution < -0.4 is 21.3 Å². The van der Waals surface area contributed by atoms with Crippen molar-refractivity contribution >= 4 is 35.6 Å². The number of rotatable bonds is 12. The zero-order chi connectivity index (χ0) is 29.8. The third-order valence-electron chi connectivity index (χ3n) is 7.46. The Morgan fingerprint density at radius 3 is 2.37 bits per heavy atom. The Hall–Kier alpha value is -4.00. The Morgan fingerprint density at radius 1 is 1.02 bits per heavy atom. The predicted octanol–water partition coefficient (Wildman–Crippen LogP) is -0.0930. The fourth-order valence-electron chi connectivity index (χ4n) is 5.00. The highest BCUT2D eigenvalue weighted by Gasteiger charge is 2.30. The number of carboxylic acids is 1. The van der Waals surface area contributed by atoms with Gasteiger partial charge in [0.1, 0.15) is 6.04 Å². The number of piperidine rings is 2. The molecule has 5 N–H and O–H groups in total. The van der Waals surface area contributed by atoms with E-state index < -0.39 is 42.3 Å². The summed E-state index contributed by atoms with van der Waals surface area (Å²) < 4.78 is 4.60. The summed E-state index contributed by atoms with van der Waals surface area (Å²) >= 11 is 0. The summed E-state index contributed by atoms with van der Waals surface area (Å²) in [6.45, 7) is 2.00. The molecule has 0 aliphatic carbocycles. The summed E-state index contributed by atoms with van der Waals surface area (Å²) in [6.07, 6.45) is 4.70. The average molecular weight is 574 g/mol. The minimum absolute atomic E-state index is 0.0400. The van der Waals surface area contributed by atoms with Gasteiger partial charge < -0.3 is 36.0 Å². The monoisotopic (exact) mass is 573 g/mol. The van der Waals surface area contributed by atoms with E-state index in [4.69, 9.17) is 0 Å². The number of hydrogen-bond donors (Lipinski definition) is 5. The first-order chi connectivity index (χ1) is 19.7. The quantitative estimate of drug-likeness (QED) is 0.213. The lowest BCUT2D eigenvalue weighted by molar-refractivity contribution is -0.141. The molecule has 2 saturated heterocycles. The number of methoxy groups -OCH3 is 1. The van der Waals surface area contributed by atoms with Gasteiger partial charge in [-0.05, 0) is 75.4 Å². The molecule has 224 valence electrons. The van der Waals surface area contributed by atoms with Crippen LogP contribution in [-0.4, -0.2) is 98.0 Å². The number of hydrogen-bond acceptors (Lipinski definition) is 8. The first-order valence-electron chi connectivity index (χ1n) is 13.9. The Morgan fingerprint density at radius 2 is 1.71 bits per heavy atom. The fourth-order valence-corrected chi connectivity index (χ4v) is 5.00. The topological polar surface area (TPSA) is 183 Å². The van der Waals surface area contributed by atoms with Crippen LogP contribution in [-0.2, 0) is 23.9 Å². The molecule has 2 fully saturated rings. The van der Waals surface area contributed by atoms with Crippen molar-refractivity contribution in [1.29, 1.82) is 0 Å². The van der Waals surface area contributed by atoms with Gasteiger partial charge in [-0.15, -0.1) is 0 Å². The van der Waals surface area contributed by atoms with Crippen molar-refractivity contribution in [2.45, 2.75) is 44.6 Å². The molecule has 2 aliphatic heterocycles. The smallest absolute Gasteiger partial charge is 0.337 e. The van der Waals surface area contributed by atoms with Gasteiger partial charge in [0.2, 0.25) is 17.7 Å². The molecule has 13 nitrogen and oxygen atoms in total. The van der Waals surface area contributed by atoms with Crippen LogP contribution >= 0.6 is 0 Å². The number of nitrogens with one attached hydrogen (secondary N) is 4. The van der Waals surface area contributed by atoms with Crippen LogP contribution in [0.2, 0.25) is 0 Å². The number of carbonyl (C=O) groups is 6. The maximum atomic E-state index is 12.8. The van der Waals surface area contributed by atoms with Gasteiger partial charge in [-0.25, -0.2) is 9.59 Å². The summed E-state index contributed by atoms with van der Waals surface area (Å²) in [6, 6.07) is 4.18. The Labute approximate surface area is 238 Å². The number of nitrogens with zero attached hydrogens (tertiary/aromatic N) is 1. The van der Waals surface area contributed by atoms with E-state index in [1.54, 1.807) is 4.90 Å². The molecule has 0 unspecified atom stereocenters. The molecule has 2 heterocycles. The van der Waals surface area contributed by atoms with Crippen LogP contribution in [0.5, 0.6) is 0 Å². The maximum Gasteiger partial charge on any atom is 0.337 e. The first-order valence-corrected chi connectivity index (χ1v) is 13.9. The van der Waals surface area contributed by atoms with Crippen LogP contribution in [0.25, 0.3) is 0 Å². The normalized spacial score (nSPS) is 18.1. The van der Waals surface area contributed by atoms with Gasteiger partial charge in [-0.1, -0.05) is 0 Å². The van der Waals surface area contributed by atoms with E-state index in [9.17, 15) is 33.9 Å². The minimum Gasteiger partial charge on any atom is -0.480 e. The zero-order valence-electron chi connectivity index (χ0n) is 23.3. The van der Waals surface area contributed by atoms with Crippen LogP contribution in [0, 0.1) is 11.8 Å². The molecule has 4 amide bonds. The van der Waals surface area contributed by atoms with Crippen LogP contribution in [0.3, 0.4) is 0 Å². The van der Waals surface area contributed by atoms with Gasteiger partial charge in [0.05, 0.1) is 25.1 Å². The van der Waals surface area contributed by atoms with Crippen molar-refractivity contribution in [1.82, 2.24) is 26.2 Å². The van der Waals surface area contributed by atoms with Crippen molar-refractivity contribution in [3.8, 4) is 0 Å². The molecule has 2 aliphatic rings. The van der Waals surface area contributed by atoms with Crippen molar-refractivity contribution in [3.05, 3.63) is 35.4 Å². The van der Waals surface area contributed by atoms with Gasteiger partial charge in [0.15, 0.2) is 0 Å². The van der Waals surface area contributed by atoms with Gasteiger partial charge >= 0.3 is 11.9 Å². The predicted molar refractivity (Wildman–Crippen MR) is 147 cm³/mol. The molecule has 1 aromatic rings. The van der Waals surface area contributed by atoms with E-state index in [-0.39, 0.29) is 36.0 Å². The lowest BCUT2D eigenvalue weighted by Gasteiger charge is -2.33. The van der Waals surface area contributed by atoms with E-state index in [1.807, 2.05) is 0 Å². The highest BCUT2D eigenvalue weighted by atomic mass is 16.5. The van der Waals surface area contributed by atoms with Gasteiger partial charge in [-0.2, -0.15) is 0 Å². The number of carboxylic acid groups (broad SMARTS) is 1. The molecular formula is C28H39N5O8. The highest BCUT2D eigenvalue weighted by molar-refractivity contribution is 5.98. The minimum atomic E-state index is -1.41. The van der Waals surface area contributed by atoms with Crippen LogP contribution in [0.4, 0.5) is 0 Å². The number of carbonyl (C=O) groups excluding carboxylic acids is 5. The number of likely N-dealkylation sites (tertiary alicyclic amines) is 1. The molecule has 0 spiro atoms. The molecule has 0 radical (unpaired) electrons. The molecule has 0 bridgehead atoms. The molecule has 1 aromatic carbocycles. The second kappa shape index (κ2) is 15.7. The van der Waals surface area contributed by atoms with E-state index in [2.05, 4.69) is 26.0 Å². The van der Waals surface area contributed by atoms with E-state index in [1.165, 1.54) is 31.4 Å². The number of amides is 4. The van der Waals surface area contributed by atoms with Crippen molar-refractivity contribution in [3.63, 3.8) is 0 Å². The summed E-state index contributed by atoms with van der Waals surface area (Å²) in [4.78, 5) is 75.0. The maximum absolute atomic E-state index is 12.8. The van der Waals surface area contributed by atoms with Gasteiger partial charge in [0, 0.05) is 31.6 Å². The zero-order valence-corrected chi connectivity index (χ0v) is 23.3. The van der Waals surface area contributed by atoms with Crippen LogP contribution in [0.15, 0.2) is 24.3 Å². The highest BCUT2D eigenvalue weighted by Crippen LogP contribution is 2.21. The first kappa shape index (κ1) is 31.5. The lowest BCUT2D eigenvalue weighted by Crippen LogP contribution is -2.52. The third kappa shape index (κ3) is 9.85. The third-order valence-corrected chi connectivity index (χ3v) is 7.46. The molecule has 2 atom stereocenters. The molecular weight excluding hydrogens is 534 g/mol. The van der Waals surface area contributed by atoms with E-state index >= 15 is 0 Å². The number of aliphatic carboxylic acids is 1. The van der Waals surface area contributed by atoms with Gasteiger partial charge in [0.25, 0.3) is 5.91 Å². The van der Waals surface area contributed by atoms with Crippen LogP contribution in [0.1, 0.15) is 59.2 Å². The SMILES string of the molecule is COC(=O)c1ccc(C(=O)NCC(=O)N[C@H](CNC(=O)[C@@H]2CCCN(C(=O)CCC3CCNCC3)C2)C(=O)O)cc1. The summed E-state index contributed by atoms with van der Waals surface area (Å²) in [5.74, 6) is -3.50. The van der Waals surface area contributed by atoms with Gasteiger partial charge in [-0.3, -0.25) is 19.2 Å². The molecule has 0 saturated carbocycles. The summed E-state index contributed by atoms with van der Waals surface area (Å²) in [5, 5.41) is 20.1. The molecule has 41 heavy (non-hydrogen) atoms. The molecule has 3 rings (SSSR count). The van der Waals surface area contributed by atoms with E-state index in [0.717, 1.165) is 32.4 Å². The largest absolute Gasteiger partial charge is 0.480 e. The molecule has 13 heteroatoms. The Balaban J connectivity index is 1.41. The second-order valence-electron chi connectivity index (χ2n) is 10.4.